The predicted octanol–water partition coefficient (Wildman–Crippen LogP) is 9.04. The summed E-state index contributed by atoms with van der Waals surface area (Å²) < 4.78 is 87.2. The second-order valence-electron chi connectivity index (χ2n) is 8.10. The summed E-state index contributed by atoms with van der Waals surface area (Å²) in [5.41, 5.74) is -2.74. The Balaban J connectivity index is 1.92. The zero-order chi connectivity index (χ0) is 28.0. The van der Waals surface area contributed by atoms with Gasteiger partial charge in [0, 0.05) is 17.6 Å². The van der Waals surface area contributed by atoms with Crippen LogP contribution in [0.5, 0.6) is 11.5 Å². The van der Waals surface area contributed by atoms with Gasteiger partial charge in [-0.3, -0.25) is 4.68 Å². The molecule has 0 saturated carbocycles. The highest BCUT2D eigenvalue weighted by Crippen LogP contribution is 2.50. The molecule has 0 unspecified atom stereocenters. The Bertz CT molecular complexity index is 1500. The van der Waals surface area contributed by atoms with Crippen molar-refractivity contribution < 1.29 is 36.2 Å². The Hall–Kier alpha value is -3.08. The van der Waals surface area contributed by atoms with Gasteiger partial charge in [0.05, 0.1) is 26.9 Å². The first-order chi connectivity index (χ1) is 17.7. The van der Waals surface area contributed by atoms with Crippen LogP contribution in [0.25, 0.3) is 22.4 Å². The monoisotopic (exact) mass is 594 g/mol. The molecule has 0 bridgehead atoms. The lowest BCUT2D eigenvalue weighted by atomic mass is 9.96. The average Bonchev–Trinajstić information content (AvgIpc) is 3.22. The Morgan fingerprint density at radius 1 is 0.868 bits per heavy atom. The van der Waals surface area contributed by atoms with Gasteiger partial charge in [0.25, 0.3) is 0 Å². The molecule has 1 aromatic heterocycles. The predicted molar refractivity (Wildman–Crippen MR) is 132 cm³/mol. The lowest BCUT2D eigenvalue weighted by Gasteiger charge is -2.19. The quantitative estimate of drug-likeness (QED) is 0.234. The van der Waals surface area contributed by atoms with E-state index in [9.17, 15) is 31.4 Å². The van der Waals surface area contributed by atoms with Crippen molar-refractivity contribution in [3.05, 3.63) is 86.5 Å². The summed E-state index contributed by atoms with van der Waals surface area (Å²) in [5.74, 6) is -0.895. The number of alkyl halides is 6. The zero-order valence-electron chi connectivity index (χ0n) is 19.1. The minimum atomic E-state index is -4.84. The molecule has 200 valence electrons. The lowest BCUT2D eigenvalue weighted by Crippen LogP contribution is -2.11. The normalized spacial score (nSPS) is 12.2. The maximum absolute atomic E-state index is 13.6. The molecule has 1 N–H and O–H groups in total. The molecule has 0 atom stereocenters. The van der Waals surface area contributed by atoms with Crippen LogP contribution in [0.1, 0.15) is 16.8 Å². The maximum Gasteiger partial charge on any atom is 0.433 e. The number of hydrogen-bond acceptors (Lipinski definition) is 3. The summed E-state index contributed by atoms with van der Waals surface area (Å²) in [5, 5.41) is 14.7. The van der Waals surface area contributed by atoms with Crippen LogP contribution in [-0.2, 0) is 26.0 Å². The van der Waals surface area contributed by atoms with Crippen LogP contribution in [0.15, 0.2) is 54.6 Å². The molecule has 0 aliphatic carbocycles. The van der Waals surface area contributed by atoms with Crippen molar-refractivity contribution in [1.82, 2.24) is 9.78 Å². The largest absolute Gasteiger partial charge is 0.506 e. The number of phenolic OH excluding ortho intramolecular Hbond substituents is 1. The van der Waals surface area contributed by atoms with E-state index in [1.165, 1.54) is 6.07 Å². The highest BCUT2D eigenvalue weighted by molar-refractivity contribution is 6.33. The third-order valence-corrected chi connectivity index (χ3v) is 6.37. The van der Waals surface area contributed by atoms with Gasteiger partial charge in [0.15, 0.2) is 0 Å². The van der Waals surface area contributed by atoms with E-state index in [-0.39, 0.29) is 39.8 Å². The molecule has 3 aromatic carbocycles. The topological polar surface area (TPSA) is 47.3 Å². The molecule has 13 heteroatoms. The number of aryl methyl sites for hydroxylation is 1. The van der Waals surface area contributed by atoms with Crippen LogP contribution in [0.2, 0.25) is 15.1 Å². The van der Waals surface area contributed by atoms with Crippen molar-refractivity contribution in [3.8, 4) is 33.9 Å². The minimum Gasteiger partial charge on any atom is -0.506 e. The van der Waals surface area contributed by atoms with Gasteiger partial charge >= 0.3 is 12.4 Å². The van der Waals surface area contributed by atoms with Gasteiger partial charge in [-0.15, -0.1) is 0 Å². The summed E-state index contributed by atoms with van der Waals surface area (Å²) in [6.45, 7) is -0.121. The van der Waals surface area contributed by atoms with Gasteiger partial charge in [-0.05, 0) is 47.5 Å². The molecule has 0 fully saturated rings. The van der Waals surface area contributed by atoms with Crippen LogP contribution in [-0.4, -0.2) is 14.9 Å². The Labute approximate surface area is 226 Å². The standard InChI is InChI=1S/C25H15Cl3F6N2O2/c1-36-20(25(32,33)34)10-19(35-36)15-9-18(28)23(38-11-12-2-5-14(26)6-3-12)21(22(15)37)13-4-7-17(27)16(8-13)24(29,30)31/h2-10,37H,11H2,1H3. The number of rotatable bonds is 5. The van der Waals surface area contributed by atoms with Gasteiger partial charge < -0.3 is 9.84 Å². The van der Waals surface area contributed by atoms with Crippen molar-refractivity contribution in [2.24, 2.45) is 7.05 Å². The second kappa shape index (κ2) is 10.2. The smallest absolute Gasteiger partial charge is 0.433 e. The number of benzene rings is 3. The molecule has 38 heavy (non-hydrogen) atoms. The molecular weight excluding hydrogens is 581 g/mol. The van der Waals surface area contributed by atoms with Crippen LogP contribution in [0.4, 0.5) is 26.3 Å². The highest BCUT2D eigenvalue weighted by Gasteiger charge is 2.36. The Morgan fingerprint density at radius 3 is 2.11 bits per heavy atom. The van der Waals surface area contributed by atoms with E-state index in [0.717, 1.165) is 19.2 Å². The number of nitrogens with zero attached hydrogens (tertiary/aromatic N) is 2. The van der Waals surface area contributed by atoms with Crippen molar-refractivity contribution >= 4 is 34.8 Å². The Kier molecular flexibility index (Phi) is 7.53. The average molecular weight is 596 g/mol. The molecule has 4 aromatic rings. The number of phenols is 1. The number of ether oxygens (including phenoxy) is 1. The second-order valence-corrected chi connectivity index (χ2v) is 9.35. The molecule has 4 nitrogen and oxygen atoms in total. The third-order valence-electron chi connectivity index (χ3n) is 5.51. The summed E-state index contributed by atoms with van der Waals surface area (Å²) in [4.78, 5) is 0. The first-order valence-electron chi connectivity index (χ1n) is 10.6. The molecular formula is C25H15Cl3F6N2O2. The maximum atomic E-state index is 13.6. The van der Waals surface area contributed by atoms with E-state index in [0.29, 0.717) is 27.4 Å². The van der Waals surface area contributed by atoms with Gasteiger partial charge in [-0.2, -0.15) is 31.4 Å². The molecule has 0 aliphatic rings. The first kappa shape index (κ1) is 27.9. The van der Waals surface area contributed by atoms with E-state index >= 15 is 0 Å². The number of halogens is 9. The van der Waals surface area contributed by atoms with Crippen molar-refractivity contribution in [1.29, 1.82) is 0 Å². The van der Waals surface area contributed by atoms with Crippen LogP contribution >= 0.6 is 34.8 Å². The highest BCUT2D eigenvalue weighted by atomic mass is 35.5. The molecule has 0 aliphatic heterocycles. The number of hydrogen-bond donors (Lipinski definition) is 1. The molecule has 1 heterocycles. The van der Waals surface area contributed by atoms with Crippen molar-refractivity contribution in [2.45, 2.75) is 19.0 Å². The van der Waals surface area contributed by atoms with Crippen LogP contribution in [0.3, 0.4) is 0 Å². The third kappa shape index (κ3) is 5.67. The number of aromatic nitrogens is 2. The van der Waals surface area contributed by atoms with E-state index < -0.39 is 34.4 Å². The van der Waals surface area contributed by atoms with Gasteiger partial charge in [0.2, 0.25) is 0 Å². The zero-order valence-corrected chi connectivity index (χ0v) is 21.3. The van der Waals surface area contributed by atoms with Gasteiger partial charge in [-0.25, -0.2) is 0 Å². The molecule has 0 saturated heterocycles. The minimum absolute atomic E-state index is 0.121. The van der Waals surface area contributed by atoms with E-state index in [1.807, 2.05) is 0 Å². The summed E-state index contributed by atoms with van der Waals surface area (Å²) in [6.07, 6.45) is -9.58. The molecule has 0 amide bonds. The summed E-state index contributed by atoms with van der Waals surface area (Å²) in [6, 6.07) is 11.1. The van der Waals surface area contributed by atoms with Gasteiger partial charge in [0.1, 0.15) is 23.8 Å². The molecule has 0 radical (unpaired) electrons. The van der Waals surface area contributed by atoms with E-state index in [1.54, 1.807) is 24.3 Å². The number of aromatic hydroxyl groups is 1. The van der Waals surface area contributed by atoms with E-state index in [4.69, 9.17) is 39.5 Å². The van der Waals surface area contributed by atoms with Crippen molar-refractivity contribution in [2.75, 3.05) is 0 Å². The molecule has 0 spiro atoms. The van der Waals surface area contributed by atoms with Crippen LogP contribution < -0.4 is 4.74 Å². The Morgan fingerprint density at radius 2 is 1.53 bits per heavy atom. The SMILES string of the molecule is Cn1nc(-c2cc(Cl)c(OCc3ccc(Cl)cc3)c(-c3ccc(Cl)c(C(F)(F)F)c3)c2O)cc1C(F)(F)F. The fourth-order valence-electron chi connectivity index (χ4n) is 3.72. The first-order valence-corrected chi connectivity index (χ1v) is 11.7. The fraction of sp³-hybridized carbons (Fsp3) is 0.160. The summed E-state index contributed by atoms with van der Waals surface area (Å²) >= 11 is 18.1. The van der Waals surface area contributed by atoms with Gasteiger partial charge in [-0.1, -0.05) is 53.0 Å². The lowest BCUT2D eigenvalue weighted by molar-refractivity contribution is -0.143. The van der Waals surface area contributed by atoms with E-state index in [2.05, 4.69) is 5.10 Å². The van der Waals surface area contributed by atoms with Crippen LogP contribution in [0, 0.1) is 0 Å². The fourth-order valence-corrected chi connectivity index (χ4v) is 4.33. The van der Waals surface area contributed by atoms with Crippen molar-refractivity contribution in [3.63, 3.8) is 0 Å². The summed E-state index contributed by atoms with van der Waals surface area (Å²) in [7, 11) is 1.06. The molecule has 4 rings (SSSR count).